The molecule has 5 nitrogen and oxygen atoms in total. The first-order valence-corrected chi connectivity index (χ1v) is 9.01. The highest BCUT2D eigenvalue weighted by atomic mass is 35.5. The summed E-state index contributed by atoms with van der Waals surface area (Å²) in [6.45, 7) is 1.88. The summed E-state index contributed by atoms with van der Waals surface area (Å²) in [5.74, 6) is -0.167. The van der Waals surface area contributed by atoms with Gasteiger partial charge in [-0.15, -0.1) is 0 Å². The smallest absolute Gasteiger partial charge is 0.328 e. The van der Waals surface area contributed by atoms with Gasteiger partial charge in [0.1, 0.15) is 18.2 Å². The number of hydrogen-bond donors (Lipinski definition) is 1. The quantitative estimate of drug-likeness (QED) is 0.507. The Kier molecular flexibility index (Phi) is 6.46. The van der Waals surface area contributed by atoms with Crippen molar-refractivity contribution in [3.05, 3.63) is 88.3 Å². The van der Waals surface area contributed by atoms with Gasteiger partial charge in [-0.05, 0) is 48.4 Å². The van der Waals surface area contributed by atoms with Crippen molar-refractivity contribution in [1.82, 2.24) is 4.98 Å². The molecule has 0 amide bonds. The minimum Gasteiger partial charge on any atom is -0.487 e. The largest absolute Gasteiger partial charge is 0.487 e. The Hall–Kier alpha value is -3.38. The second-order valence-electron chi connectivity index (χ2n) is 6.13. The molecule has 0 aliphatic heterocycles. The van der Waals surface area contributed by atoms with Crippen LogP contribution in [0.4, 0.5) is 4.39 Å². The SMILES string of the molecule is Cc1cc(/C=C/C(=O)O)cc(Cl)c1Oc1ccc(OCc2ccccc2F)cn1. The molecule has 0 aliphatic rings. The van der Waals surface area contributed by atoms with Crippen LogP contribution in [0.15, 0.2) is 60.8 Å². The Balaban J connectivity index is 1.68. The summed E-state index contributed by atoms with van der Waals surface area (Å²) >= 11 is 6.27. The van der Waals surface area contributed by atoms with Crippen molar-refractivity contribution in [2.45, 2.75) is 13.5 Å². The number of benzene rings is 2. The van der Waals surface area contributed by atoms with Crippen LogP contribution in [0.5, 0.6) is 17.4 Å². The van der Waals surface area contributed by atoms with Crippen molar-refractivity contribution < 1.29 is 23.8 Å². The normalized spacial score (nSPS) is 10.9. The van der Waals surface area contributed by atoms with E-state index in [1.54, 1.807) is 49.4 Å². The molecule has 1 heterocycles. The van der Waals surface area contributed by atoms with E-state index in [1.165, 1.54) is 18.3 Å². The van der Waals surface area contributed by atoms with E-state index in [0.717, 1.165) is 11.6 Å². The van der Waals surface area contributed by atoms with Crippen LogP contribution < -0.4 is 9.47 Å². The van der Waals surface area contributed by atoms with E-state index in [-0.39, 0.29) is 12.4 Å². The van der Waals surface area contributed by atoms with Gasteiger partial charge in [-0.25, -0.2) is 14.2 Å². The van der Waals surface area contributed by atoms with Gasteiger partial charge in [-0.2, -0.15) is 0 Å². The van der Waals surface area contributed by atoms with Crippen LogP contribution in [0.2, 0.25) is 5.02 Å². The summed E-state index contributed by atoms with van der Waals surface area (Å²) in [5, 5.41) is 9.05. The summed E-state index contributed by atoms with van der Waals surface area (Å²) in [5.41, 5.74) is 1.82. The van der Waals surface area contributed by atoms with Gasteiger partial charge < -0.3 is 14.6 Å². The van der Waals surface area contributed by atoms with E-state index in [0.29, 0.717) is 33.5 Å². The molecule has 0 bridgehead atoms. The number of carboxylic acid groups (broad SMARTS) is 1. The van der Waals surface area contributed by atoms with Crippen LogP contribution >= 0.6 is 11.6 Å². The highest BCUT2D eigenvalue weighted by molar-refractivity contribution is 6.32. The predicted octanol–water partition coefficient (Wildman–Crippen LogP) is 5.65. The Labute approximate surface area is 172 Å². The minimum atomic E-state index is -1.04. The molecule has 29 heavy (non-hydrogen) atoms. The first-order chi connectivity index (χ1) is 13.9. The predicted molar refractivity (Wildman–Crippen MR) is 108 cm³/mol. The van der Waals surface area contributed by atoms with Crippen LogP contribution in [-0.2, 0) is 11.4 Å². The van der Waals surface area contributed by atoms with Crippen molar-refractivity contribution in [1.29, 1.82) is 0 Å². The van der Waals surface area contributed by atoms with Crippen molar-refractivity contribution in [3.63, 3.8) is 0 Å². The summed E-state index contributed by atoms with van der Waals surface area (Å²) in [6.07, 6.45) is 3.96. The maximum absolute atomic E-state index is 13.6. The Morgan fingerprint density at radius 1 is 1.24 bits per heavy atom. The molecule has 2 aromatic carbocycles. The third-order valence-corrected chi connectivity index (χ3v) is 4.22. The van der Waals surface area contributed by atoms with Crippen LogP contribution in [0, 0.1) is 12.7 Å². The fourth-order valence-corrected chi connectivity index (χ4v) is 2.86. The lowest BCUT2D eigenvalue weighted by Gasteiger charge is -2.12. The maximum Gasteiger partial charge on any atom is 0.328 e. The summed E-state index contributed by atoms with van der Waals surface area (Å²) in [4.78, 5) is 14.8. The zero-order valence-corrected chi connectivity index (χ0v) is 16.2. The molecule has 1 N–H and O–H groups in total. The average molecular weight is 414 g/mol. The summed E-state index contributed by atoms with van der Waals surface area (Å²) < 4.78 is 24.9. The molecule has 1 aromatic heterocycles. The van der Waals surface area contributed by atoms with Gasteiger partial charge in [-0.1, -0.05) is 29.8 Å². The molecule has 0 spiro atoms. The number of nitrogens with zero attached hydrogens (tertiary/aromatic N) is 1. The van der Waals surface area contributed by atoms with Crippen molar-refractivity contribution >= 4 is 23.6 Å². The molecule has 0 fully saturated rings. The third kappa shape index (κ3) is 5.56. The zero-order valence-electron chi connectivity index (χ0n) is 15.4. The highest BCUT2D eigenvalue weighted by Crippen LogP contribution is 2.34. The molecule has 7 heteroatoms. The molecule has 0 unspecified atom stereocenters. The lowest BCUT2D eigenvalue weighted by molar-refractivity contribution is -0.131. The van der Waals surface area contributed by atoms with Crippen LogP contribution in [0.1, 0.15) is 16.7 Å². The van der Waals surface area contributed by atoms with E-state index in [1.807, 2.05) is 0 Å². The van der Waals surface area contributed by atoms with Crippen LogP contribution in [-0.4, -0.2) is 16.1 Å². The molecular weight excluding hydrogens is 397 g/mol. The van der Waals surface area contributed by atoms with E-state index in [2.05, 4.69) is 4.98 Å². The lowest BCUT2D eigenvalue weighted by Crippen LogP contribution is -1.99. The number of aryl methyl sites for hydroxylation is 1. The lowest BCUT2D eigenvalue weighted by atomic mass is 10.1. The number of pyridine rings is 1. The molecule has 0 saturated heterocycles. The standard InChI is InChI=1S/C22H17ClFNO4/c1-14-10-15(6-9-21(26)27)11-18(23)22(14)29-20-8-7-17(12-25-20)28-13-16-4-2-3-5-19(16)24/h2-12H,13H2,1H3,(H,26,27)/b9-6+. The van der Waals surface area contributed by atoms with E-state index in [4.69, 9.17) is 26.2 Å². The molecule has 0 aliphatic carbocycles. The highest BCUT2D eigenvalue weighted by Gasteiger charge is 2.10. The first kappa shape index (κ1) is 20.4. The Bertz CT molecular complexity index is 1030. The molecular formula is C22H17ClFNO4. The fourth-order valence-electron chi connectivity index (χ4n) is 2.54. The molecule has 0 saturated carbocycles. The van der Waals surface area contributed by atoms with Crippen molar-refractivity contribution in [3.8, 4) is 17.4 Å². The topological polar surface area (TPSA) is 68.7 Å². The third-order valence-electron chi connectivity index (χ3n) is 3.94. The monoisotopic (exact) mass is 413 g/mol. The number of carboxylic acids is 1. The maximum atomic E-state index is 13.6. The van der Waals surface area contributed by atoms with Gasteiger partial charge in [-0.3, -0.25) is 0 Å². The number of rotatable bonds is 7. The number of aliphatic carboxylic acids is 1. The number of ether oxygens (including phenoxy) is 2. The van der Waals surface area contributed by atoms with E-state index < -0.39 is 5.97 Å². The molecule has 148 valence electrons. The molecule has 0 atom stereocenters. The van der Waals surface area contributed by atoms with Crippen LogP contribution in [0.3, 0.4) is 0 Å². The van der Waals surface area contributed by atoms with Crippen molar-refractivity contribution in [2.24, 2.45) is 0 Å². The van der Waals surface area contributed by atoms with Gasteiger partial charge in [0.25, 0.3) is 0 Å². The second kappa shape index (κ2) is 9.21. The van der Waals surface area contributed by atoms with Gasteiger partial charge in [0.05, 0.1) is 11.2 Å². The Morgan fingerprint density at radius 2 is 2.03 bits per heavy atom. The molecule has 3 rings (SSSR count). The number of halogens is 2. The van der Waals surface area contributed by atoms with Gasteiger partial charge in [0, 0.05) is 17.7 Å². The van der Waals surface area contributed by atoms with Gasteiger partial charge in [0.2, 0.25) is 5.88 Å². The fraction of sp³-hybridized carbons (Fsp3) is 0.0909. The zero-order chi connectivity index (χ0) is 20.8. The molecule has 0 radical (unpaired) electrons. The minimum absolute atomic E-state index is 0.0881. The number of aromatic nitrogens is 1. The summed E-state index contributed by atoms with van der Waals surface area (Å²) in [6, 6.07) is 13.0. The van der Waals surface area contributed by atoms with Crippen LogP contribution in [0.25, 0.3) is 6.08 Å². The number of hydrogen-bond acceptors (Lipinski definition) is 4. The number of carbonyl (C=O) groups is 1. The Morgan fingerprint density at radius 3 is 2.69 bits per heavy atom. The van der Waals surface area contributed by atoms with Gasteiger partial charge >= 0.3 is 5.97 Å². The second-order valence-corrected chi connectivity index (χ2v) is 6.54. The van der Waals surface area contributed by atoms with E-state index >= 15 is 0 Å². The summed E-state index contributed by atoms with van der Waals surface area (Å²) in [7, 11) is 0. The molecule has 3 aromatic rings. The first-order valence-electron chi connectivity index (χ1n) is 8.63. The van der Waals surface area contributed by atoms with Gasteiger partial charge in [0.15, 0.2) is 5.75 Å². The van der Waals surface area contributed by atoms with Crippen molar-refractivity contribution in [2.75, 3.05) is 0 Å². The average Bonchev–Trinajstić information content (AvgIpc) is 2.69. The van der Waals surface area contributed by atoms with E-state index in [9.17, 15) is 9.18 Å².